The van der Waals surface area contributed by atoms with Crippen molar-refractivity contribution in [2.45, 2.75) is 26.4 Å². The summed E-state index contributed by atoms with van der Waals surface area (Å²) in [4.78, 5) is 0. The van der Waals surface area contributed by atoms with E-state index in [1.54, 1.807) is 0 Å². The first-order valence-corrected chi connectivity index (χ1v) is 8.46. The molecule has 0 atom stereocenters. The molecule has 0 aliphatic carbocycles. The van der Waals surface area contributed by atoms with E-state index in [2.05, 4.69) is 49.9 Å². The van der Waals surface area contributed by atoms with Gasteiger partial charge >= 0.3 is 0 Å². The Morgan fingerprint density at radius 3 is 2.43 bits per heavy atom. The van der Waals surface area contributed by atoms with Crippen LogP contribution in [0.15, 0.2) is 27.1 Å². The van der Waals surface area contributed by atoms with Crippen molar-refractivity contribution >= 4 is 31.9 Å². The van der Waals surface area contributed by atoms with E-state index in [0.717, 1.165) is 38.9 Å². The van der Waals surface area contributed by atoms with Crippen molar-refractivity contribution in [1.29, 1.82) is 0 Å². The highest BCUT2D eigenvalue weighted by Gasteiger charge is 2.11. The molecule has 2 aromatic rings. The molecule has 2 N–H and O–H groups in total. The summed E-state index contributed by atoms with van der Waals surface area (Å²) in [6, 6.07) is 6.17. The van der Waals surface area contributed by atoms with Crippen LogP contribution >= 0.6 is 31.9 Å². The van der Waals surface area contributed by atoms with E-state index >= 15 is 0 Å². The summed E-state index contributed by atoms with van der Waals surface area (Å²) in [5.74, 6) is 0.801. The third-order valence-electron chi connectivity index (χ3n) is 3.25. The normalized spacial score (nSPS) is 10.9. The first kappa shape index (κ1) is 16.5. The van der Waals surface area contributed by atoms with Crippen LogP contribution in [-0.4, -0.2) is 16.3 Å². The van der Waals surface area contributed by atoms with Gasteiger partial charge in [-0.3, -0.25) is 4.68 Å². The number of halogens is 2. The number of ether oxygens (including phenoxy) is 1. The standard InChI is InChI=1S/C15H19Br2N3O/c1-3-11-8-12(20(2)19-11)9-21-15-13(16)6-10(4-5-18)7-14(15)17/h6-8H,3-5,9,18H2,1-2H3. The van der Waals surface area contributed by atoms with Crippen molar-refractivity contribution < 1.29 is 4.74 Å². The summed E-state index contributed by atoms with van der Waals surface area (Å²) in [7, 11) is 1.94. The molecule has 0 fully saturated rings. The molecular weight excluding hydrogens is 398 g/mol. The zero-order valence-corrected chi connectivity index (χ0v) is 15.4. The Morgan fingerprint density at radius 1 is 1.24 bits per heavy atom. The first-order chi connectivity index (χ1) is 10.0. The van der Waals surface area contributed by atoms with Crippen LogP contribution in [0.1, 0.15) is 23.9 Å². The minimum Gasteiger partial charge on any atom is -0.485 e. The molecule has 114 valence electrons. The van der Waals surface area contributed by atoms with Crippen LogP contribution < -0.4 is 10.5 Å². The molecule has 0 saturated carbocycles. The first-order valence-electron chi connectivity index (χ1n) is 6.87. The number of benzene rings is 1. The topological polar surface area (TPSA) is 53.1 Å². The second-order valence-electron chi connectivity index (χ2n) is 4.82. The van der Waals surface area contributed by atoms with E-state index in [4.69, 9.17) is 10.5 Å². The molecule has 0 radical (unpaired) electrons. The van der Waals surface area contributed by atoms with Crippen molar-refractivity contribution in [3.8, 4) is 5.75 Å². The minimum atomic E-state index is 0.483. The number of hydrogen-bond donors (Lipinski definition) is 1. The van der Waals surface area contributed by atoms with Crippen molar-refractivity contribution in [2.24, 2.45) is 12.8 Å². The van der Waals surface area contributed by atoms with Gasteiger partial charge in [-0.15, -0.1) is 0 Å². The number of rotatable bonds is 6. The molecule has 1 heterocycles. The maximum Gasteiger partial charge on any atom is 0.148 e. The van der Waals surface area contributed by atoms with E-state index < -0.39 is 0 Å². The fourth-order valence-corrected chi connectivity index (χ4v) is 3.60. The van der Waals surface area contributed by atoms with Gasteiger partial charge in [0.05, 0.1) is 20.3 Å². The fourth-order valence-electron chi connectivity index (χ4n) is 2.09. The number of nitrogens with two attached hydrogens (primary N) is 1. The zero-order chi connectivity index (χ0) is 15.4. The summed E-state index contributed by atoms with van der Waals surface area (Å²) >= 11 is 7.12. The quantitative estimate of drug-likeness (QED) is 0.782. The average molecular weight is 417 g/mol. The van der Waals surface area contributed by atoms with Crippen LogP contribution in [0.25, 0.3) is 0 Å². The summed E-state index contributed by atoms with van der Waals surface area (Å²) < 4.78 is 9.66. The van der Waals surface area contributed by atoms with Crippen molar-refractivity contribution in [3.05, 3.63) is 44.1 Å². The van der Waals surface area contributed by atoms with E-state index in [9.17, 15) is 0 Å². The number of nitrogens with zero attached hydrogens (tertiary/aromatic N) is 2. The van der Waals surface area contributed by atoms with Gasteiger partial charge < -0.3 is 10.5 Å². The van der Waals surface area contributed by atoms with E-state index in [0.29, 0.717) is 13.2 Å². The lowest BCUT2D eigenvalue weighted by molar-refractivity contribution is 0.291. The molecule has 6 heteroatoms. The van der Waals surface area contributed by atoms with Crippen molar-refractivity contribution in [2.75, 3.05) is 6.54 Å². The van der Waals surface area contributed by atoms with Crippen LogP contribution in [0.4, 0.5) is 0 Å². The molecular formula is C15H19Br2N3O. The summed E-state index contributed by atoms with van der Waals surface area (Å²) in [5, 5.41) is 4.42. The molecule has 0 bridgehead atoms. The van der Waals surface area contributed by atoms with Gasteiger partial charge in [0.2, 0.25) is 0 Å². The van der Waals surface area contributed by atoms with Crippen LogP contribution in [0.3, 0.4) is 0 Å². The Bertz CT molecular complexity index is 602. The molecule has 0 aliphatic rings. The monoisotopic (exact) mass is 415 g/mol. The predicted octanol–water partition coefficient (Wildman–Crippen LogP) is 3.59. The Hall–Kier alpha value is -0.850. The number of aryl methyl sites for hydroxylation is 2. The third kappa shape index (κ3) is 4.08. The maximum atomic E-state index is 5.94. The van der Waals surface area contributed by atoms with Crippen LogP contribution in [0.5, 0.6) is 5.75 Å². The third-order valence-corrected chi connectivity index (χ3v) is 4.42. The second kappa shape index (κ2) is 7.42. The van der Waals surface area contributed by atoms with Crippen LogP contribution in [0, 0.1) is 0 Å². The molecule has 4 nitrogen and oxygen atoms in total. The Labute approximate surface area is 141 Å². The molecule has 2 rings (SSSR count). The smallest absolute Gasteiger partial charge is 0.148 e. The van der Waals surface area contributed by atoms with E-state index in [-0.39, 0.29) is 0 Å². The Morgan fingerprint density at radius 2 is 1.90 bits per heavy atom. The number of aromatic nitrogens is 2. The SMILES string of the molecule is CCc1cc(COc2c(Br)cc(CCN)cc2Br)n(C)n1. The van der Waals surface area contributed by atoms with Gasteiger partial charge in [-0.25, -0.2) is 0 Å². The van der Waals surface area contributed by atoms with Crippen molar-refractivity contribution in [3.63, 3.8) is 0 Å². The van der Waals surface area contributed by atoms with Gasteiger partial charge in [-0.1, -0.05) is 6.92 Å². The molecule has 0 aliphatic heterocycles. The molecule has 0 amide bonds. The highest BCUT2D eigenvalue weighted by Crippen LogP contribution is 2.35. The van der Waals surface area contributed by atoms with Crippen LogP contribution in [0.2, 0.25) is 0 Å². The van der Waals surface area contributed by atoms with Gasteiger partial charge in [-0.05, 0) is 75.0 Å². The summed E-state index contributed by atoms with van der Waals surface area (Å²) in [6.45, 7) is 3.21. The highest BCUT2D eigenvalue weighted by atomic mass is 79.9. The molecule has 0 unspecified atom stereocenters. The molecule has 1 aromatic carbocycles. The van der Waals surface area contributed by atoms with Gasteiger partial charge in [0.25, 0.3) is 0 Å². The van der Waals surface area contributed by atoms with Gasteiger partial charge in [0.15, 0.2) is 0 Å². The van der Waals surface area contributed by atoms with Crippen molar-refractivity contribution in [1.82, 2.24) is 9.78 Å². The average Bonchev–Trinajstić information content (AvgIpc) is 2.79. The molecule has 1 aromatic heterocycles. The summed E-state index contributed by atoms with van der Waals surface area (Å²) in [6.07, 6.45) is 1.77. The zero-order valence-electron chi connectivity index (χ0n) is 12.2. The lowest BCUT2D eigenvalue weighted by Gasteiger charge is -2.12. The molecule has 21 heavy (non-hydrogen) atoms. The lowest BCUT2D eigenvalue weighted by Crippen LogP contribution is -2.05. The van der Waals surface area contributed by atoms with Gasteiger partial charge in [0, 0.05) is 7.05 Å². The second-order valence-corrected chi connectivity index (χ2v) is 6.53. The largest absolute Gasteiger partial charge is 0.485 e. The molecule has 0 spiro atoms. The van der Waals surface area contributed by atoms with E-state index in [1.165, 1.54) is 5.56 Å². The van der Waals surface area contributed by atoms with Gasteiger partial charge in [0.1, 0.15) is 12.4 Å². The Kier molecular flexibility index (Phi) is 5.84. The van der Waals surface area contributed by atoms with Crippen LogP contribution in [-0.2, 0) is 26.5 Å². The lowest BCUT2D eigenvalue weighted by atomic mass is 10.1. The van der Waals surface area contributed by atoms with Gasteiger partial charge in [-0.2, -0.15) is 5.10 Å². The molecule has 0 saturated heterocycles. The predicted molar refractivity (Wildman–Crippen MR) is 91.5 cm³/mol. The highest BCUT2D eigenvalue weighted by molar-refractivity contribution is 9.11. The maximum absolute atomic E-state index is 5.94. The Balaban J connectivity index is 2.14. The summed E-state index contributed by atoms with van der Waals surface area (Å²) in [5.41, 5.74) is 8.90. The van der Waals surface area contributed by atoms with E-state index in [1.807, 2.05) is 23.9 Å². The minimum absolute atomic E-state index is 0.483. The number of hydrogen-bond acceptors (Lipinski definition) is 3. The fraction of sp³-hybridized carbons (Fsp3) is 0.400.